The molecule has 1 aliphatic heterocycles. The van der Waals surface area contributed by atoms with Crippen LogP contribution >= 0.6 is 0 Å². The zero-order valence-corrected chi connectivity index (χ0v) is 11.2. The van der Waals surface area contributed by atoms with Crippen LogP contribution in [0.4, 0.5) is 5.69 Å². The molecule has 0 saturated heterocycles. The highest BCUT2D eigenvalue weighted by Crippen LogP contribution is 2.35. The molecule has 2 N–H and O–H groups in total. The van der Waals surface area contributed by atoms with Crippen molar-refractivity contribution < 1.29 is 0 Å². The van der Waals surface area contributed by atoms with Crippen molar-refractivity contribution >= 4 is 23.4 Å². The van der Waals surface area contributed by atoms with Gasteiger partial charge in [0.05, 0.1) is 30.0 Å². The van der Waals surface area contributed by atoms with Crippen molar-refractivity contribution in [2.75, 3.05) is 6.54 Å². The van der Waals surface area contributed by atoms with Crippen molar-refractivity contribution in [3.63, 3.8) is 0 Å². The lowest BCUT2D eigenvalue weighted by Crippen LogP contribution is -2.14. The van der Waals surface area contributed by atoms with Crippen molar-refractivity contribution in [3.8, 4) is 0 Å². The number of benzene rings is 1. The molecule has 0 spiro atoms. The Bertz CT molecular complexity index is 567. The topological polar surface area (TPSA) is 63.1 Å². The van der Waals surface area contributed by atoms with Gasteiger partial charge in [-0.25, -0.2) is 0 Å². The Morgan fingerprint density at radius 1 is 1.42 bits per heavy atom. The Kier molecular flexibility index (Phi) is 4.23. The van der Waals surface area contributed by atoms with Crippen LogP contribution in [-0.4, -0.2) is 24.3 Å². The molecule has 0 aromatic heterocycles. The Labute approximate surface area is 113 Å². The molecule has 1 aliphatic rings. The lowest BCUT2D eigenvalue weighted by molar-refractivity contribution is 1.06. The summed E-state index contributed by atoms with van der Waals surface area (Å²) in [6.45, 7) is 4.69. The first-order chi connectivity index (χ1) is 9.24. The Morgan fingerprint density at radius 3 is 2.95 bits per heavy atom. The average Bonchev–Trinajstić information content (AvgIpc) is 2.76. The van der Waals surface area contributed by atoms with Crippen molar-refractivity contribution in [2.45, 2.75) is 19.8 Å². The van der Waals surface area contributed by atoms with Crippen molar-refractivity contribution in [1.29, 1.82) is 0 Å². The molecule has 1 atom stereocenters. The monoisotopic (exact) mass is 254 g/mol. The van der Waals surface area contributed by atoms with Gasteiger partial charge in [0.2, 0.25) is 0 Å². The fourth-order valence-corrected chi connectivity index (χ4v) is 2.12. The van der Waals surface area contributed by atoms with Gasteiger partial charge in [0.1, 0.15) is 0 Å². The van der Waals surface area contributed by atoms with Gasteiger partial charge in [-0.15, -0.1) is 0 Å². The van der Waals surface area contributed by atoms with E-state index in [2.05, 4.69) is 28.0 Å². The van der Waals surface area contributed by atoms with Gasteiger partial charge in [-0.2, -0.15) is 0 Å². The summed E-state index contributed by atoms with van der Waals surface area (Å²) in [7, 11) is 0. The second-order valence-corrected chi connectivity index (χ2v) is 4.39. The van der Waals surface area contributed by atoms with Gasteiger partial charge in [-0.3, -0.25) is 15.0 Å². The largest absolute Gasteiger partial charge is 0.390 e. The predicted molar refractivity (Wildman–Crippen MR) is 81.7 cm³/mol. The fraction of sp³-hybridized carbons (Fsp3) is 0.267. The molecule has 4 nitrogen and oxygen atoms in total. The number of nitrogens with zero attached hydrogens (tertiary/aromatic N) is 3. The highest BCUT2D eigenvalue weighted by molar-refractivity contribution is 6.45. The molecule has 19 heavy (non-hydrogen) atoms. The molecular formula is C15H18N4. The Morgan fingerprint density at radius 2 is 2.21 bits per heavy atom. The van der Waals surface area contributed by atoms with E-state index < -0.39 is 0 Å². The van der Waals surface area contributed by atoms with Gasteiger partial charge in [0.15, 0.2) is 0 Å². The minimum atomic E-state index is 0.301. The molecule has 1 aromatic rings. The van der Waals surface area contributed by atoms with E-state index in [0.717, 1.165) is 17.1 Å². The maximum atomic E-state index is 5.16. The molecule has 0 bridgehead atoms. The second kappa shape index (κ2) is 6.09. The maximum absolute atomic E-state index is 5.16. The number of aliphatic imine (C=N–C) groups is 3. The van der Waals surface area contributed by atoms with Crippen molar-refractivity contribution in [2.24, 2.45) is 20.7 Å². The molecule has 1 aromatic carbocycles. The number of fused-ring (bicyclic) bond motifs is 1. The molecule has 0 amide bonds. The third kappa shape index (κ3) is 2.96. The van der Waals surface area contributed by atoms with E-state index in [1.54, 1.807) is 6.20 Å². The molecule has 98 valence electrons. The quantitative estimate of drug-likeness (QED) is 0.651. The summed E-state index contributed by atoms with van der Waals surface area (Å²) in [5.41, 5.74) is 9.45. The molecule has 2 rings (SSSR count). The number of para-hydroxylation sites is 1. The first kappa shape index (κ1) is 13.2. The van der Waals surface area contributed by atoms with Crippen LogP contribution < -0.4 is 5.73 Å². The highest BCUT2D eigenvalue weighted by atomic mass is 14.8. The standard InChI is InChI=1S/C15H18N4/c1-11-13-6-3-4-7-14(13)19-15(11)12(2)18-9-5-8-17-10-16/h3-7,9-11H,8H2,1-2H3,(H2,16,17). The molecule has 0 aliphatic carbocycles. The van der Waals surface area contributed by atoms with E-state index in [1.165, 1.54) is 11.9 Å². The summed E-state index contributed by atoms with van der Waals surface area (Å²) in [5.74, 6) is 0.301. The number of hydrogen-bond acceptors (Lipinski definition) is 3. The van der Waals surface area contributed by atoms with Gasteiger partial charge in [0, 0.05) is 12.1 Å². The van der Waals surface area contributed by atoms with Gasteiger partial charge in [-0.05, 0) is 24.6 Å². The van der Waals surface area contributed by atoms with E-state index in [-0.39, 0.29) is 0 Å². The first-order valence-electron chi connectivity index (χ1n) is 6.31. The van der Waals surface area contributed by atoms with Crippen LogP contribution in [0.25, 0.3) is 0 Å². The number of hydrogen-bond donors (Lipinski definition) is 1. The summed E-state index contributed by atoms with van der Waals surface area (Å²) < 4.78 is 0. The highest BCUT2D eigenvalue weighted by Gasteiger charge is 2.24. The lowest BCUT2D eigenvalue weighted by Gasteiger charge is -2.07. The Hall–Kier alpha value is -2.23. The smallest absolute Gasteiger partial charge is 0.0801 e. The molecule has 1 unspecified atom stereocenters. The van der Waals surface area contributed by atoms with Crippen LogP contribution in [-0.2, 0) is 0 Å². The fourth-order valence-electron chi connectivity index (χ4n) is 2.12. The van der Waals surface area contributed by atoms with Crippen LogP contribution in [0.15, 0.2) is 51.5 Å². The number of rotatable bonds is 4. The molecule has 0 saturated carbocycles. The minimum absolute atomic E-state index is 0.301. The average molecular weight is 254 g/mol. The van der Waals surface area contributed by atoms with Gasteiger partial charge in [0.25, 0.3) is 0 Å². The predicted octanol–water partition coefficient (Wildman–Crippen LogP) is 2.84. The normalized spacial score (nSPS) is 19.2. The van der Waals surface area contributed by atoms with E-state index in [4.69, 9.17) is 5.73 Å². The third-order valence-electron chi connectivity index (χ3n) is 3.11. The number of nitrogens with two attached hydrogens (primary N) is 1. The molecule has 0 fully saturated rings. The summed E-state index contributed by atoms with van der Waals surface area (Å²) >= 11 is 0. The zero-order chi connectivity index (χ0) is 13.7. The SMILES string of the molecule is CC(=NC=CCN=CN)C1=Nc2ccccc2C1C. The van der Waals surface area contributed by atoms with E-state index >= 15 is 0 Å². The summed E-state index contributed by atoms with van der Waals surface area (Å²) in [4.78, 5) is 12.9. The second-order valence-electron chi connectivity index (χ2n) is 4.39. The maximum Gasteiger partial charge on any atom is 0.0801 e. The van der Waals surface area contributed by atoms with Crippen LogP contribution in [0.3, 0.4) is 0 Å². The summed E-state index contributed by atoms with van der Waals surface area (Å²) in [6.07, 6.45) is 4.90. The minimum Gasteiger partial charge on any atom is -0.390 e. The van der Waals surface area contributed by atoms with Gasteiger partial charge >= 0.3 is 0 Å². The van der Waals surface area contributed by atoms with Crippen LogP contribution in [0.1, 0.15) is 25.3 Å². The van der Waals surface area contributed by atoms with Crippen LogP contribution in [0.5, 0.6) is 0 Å². The molecule has 4 heteroatoms. The Balaban J connectivity index is 2.12. The van der Waals surface area contributed by atoms with Crippen LogP contribution in [0.2, 0.25) is 0 Å². The summed E-state index contributed by atoms with van der Waals surface area (Å²) in [6, 6.07) is 8.22. The van der Waals surface area contributed by atoms with E-state index in [1.807, 2.05) is 31.2 Å². The zero-order valence-electron chi connectivity index (χ0n) is 11.2. The van der Waals surface area contributed by atoms with Crippen molar-refractivity contribution in [1.82, 2.24) is 0 Å². The van der Waals surface area contributed by atoms with Crippen LogP contribution in [0, 0.1) is 0 Å². The van der Waals surface area contributed by atoms with Gasteiger partial charge in [-0.1, -0.05) is 25.1 Å². The molecule has 1 heterocycles. The van der Waals surface area contributed by atoms with E-state index in [9.17, 15) is 0 Å². The summed E-state index contributed by atoms with van der Waals surface area (Å²) in [5, 5.41) is 0. The van der Waals surface area contributed by atoms with Crippen molar-refractivity contribution in [3.05, 3.63) is 42.1 Å². The molecule has 0 radical (unpaired) electrons. The first-order valence-corrected chi connectivity index (χ1v) is 6.31. The lowest BCUT2D eigenvalue weighted by atomic mass is 9.96. The van der Waals surface area contributed by atoms with E-state index in [0.29, 0.717) is 12.5 Å². The third-order valence-corrected chi connectivity index (χ3v) is 3.11. The molecular weight excluding hydrogens is 236 g/mol. The van der Waals surface area contributed by atoms with Gasteiger partial charge < -0.3 is 5.73 Å².